The van der Waals surface area contributed by atoms with E-state index in [0.717, 1.165) is 18.3 Å². The number of hydrogen-bond donors (Lipinski definition) is 0. The summed E-state index contributed by atoms with van der Waals surface area (Å²) in [5, 5.41) is 0. The number of hydrogen-bond acceptors (Lipinski definition) is 4. The Balaban J connectivity index is 2.26. The molecule has 0 bridgehead atoms. The first-order chi connectivity index (χ1) is 9.50. The van der Waals surface area contributed by atoms with Crippen LogP contribution in [0.5, 0.6) is 0 Å². The van der Waals surface area contributed by atoms with Gasteiger partial charge in [-0.25, -0.2) is 0 Å². The topological polar surface area (TPSA) is 44.8 Å². The average molecular weight is 294 g/mol. The van der Waals surface area contributed by atoms with Gasteiger partial charge < -0.3 is 14.0 Å². The highest BCUT2D eigenvalue weighted by Gasteiger charge is 2.53. The fourth-order valence-corrected chi connectivity index (χ4v) is 2.85. The molecule has 0 saturated carbocycles. The molecule has 0 aromatic carbocycles. The fraction of sp³-hybridized carbons (Fsp3) is 0.812. The van der Waals surface area contributed by atoms with Gasteiger partial charge in [0.1, 0.15) is 0 Å². The molecule has 0 spiro atoms. The van der Waals surface area contributed by atoms with E-state index in [2.05, 4.69) is 13.8 Å². The van der Waals surface area contributed by atoms with Gasteiger partial charge in [-0.1, -0.05) is 19.9 Å². The molecule has 0 aromatic heterocycles. The summed E-state index contributed by atoms with van der Waals surface area (Å²) in [6, 6.07) is 0. The summed E-state index contributed by atoms with van der Waals surface area (Å²) in [5.41, 5.74) is 0.252. The maximum Gasteiger partial charge on any atom is 0.490 e. The minimum Gasteiger partial charge on any atom is -0.469 e. The Labute approximate surface area is 128 Å². The quantitative estimate of drug-likeness (QED) is 0.579. The van der Waals surface area contributed by atoms with Gasteiger partial charge in [0.05, 0.1) is 24.2 Å². The van der Waals surface area contributed by atoms with E-state index in [1.807, 2.05) is 33.8 Å². The lowest BCUT2D eigenvalue weighted by molar-refractivity contribution is -0.147. The van der Waals surface area contributed by atoms with E-state index in [1.165, 1.54) is 7.11 Å². The van der Waals surface area contributed by atoms with Gasteiger partial charge in [0, 0.05) is 0 Å². The molecule has 118 valence electrons. The van der Waals surface area contributed by atoms with E-state index in [1.54, 1.807) is 0 Å². The van der Waals surface area contributed by atoms with Crippen molar-refractivity contribution in [2.24, 2.45) is 11.3 Å². The summed E-state index contributed by atoms with van der Waals surface area (Å²) < 4.78 is 17.1. The first-order valence-corrected chi connectivity index (χ1v) is 7.64. The molecule has 21 heavy (non-hydrogen) atoms. The molecule has 0 unspecified atom stereocenters. The van der Waals surface area contributed by atoms with E-state index in [-0.39, 0.29) is 35.6 Å². The van der Waals surface area contributed by atoms with Gasteiger partial charge in [0.2, 0.25) is 0 Å². The van der Waals surface area contributed by atoms with Crippen molar-refractivity contribution < 1.29 is 18.8 Å². The smallest absolute Gasteiger partial charge is 0.469 e. The lowest BCUT2D eigenvalue weighted by Gasteiger charge is -2.35. The first-order valence-electron chi connectivity index (χ1n) is 7.64. The third-order valence-corrected chi connectivity index (χ3v) is 5.29. The highest BCUT2D eigenvalue weighted by Crippen LogP contribution is 2.44. The molecule has 4 nitrogen and oxygen atoms in total. The molecule has 1 aliphatic carbocycles. The lowest BCUT2D eigenvalue weighted by Crippen LogP contribution is -2.41. The van der Waals surface area contributed by atoms with Crippen LogP contribution in [0.2, 0.25) is 0 Å². The Morgan fingerprint density at radius 3 is 2.19 bits per heavy atom. The van der Waals surface area contributed by atoms with Crippen molar-refractivity contribution >= 4 is 13.1 Å². The maximum atomic E-state index is 12.0. The normalized spacial score (nSPS) is 30.0. The second kappa shape index (κ2) is 5.13. The molecule has 1 aliphatic heterocycles. The van der Waals surface area contributed by atoms with E-state index >= 15 is 0 Å². The monoisotopic (exact) mass is 294 g/mol. The van der Waals surface area contributed by atoms with Crippen molar-refractivity contribution in [3.05, 3.63) is 11.5 Å². The van der Waals surface area contributed by atoms with Crippen LogP contribution in [-0.2, 0) is 18.8 Å². The summed E-state index contributed by atoms with van der Waals surface area (Å²) in [4.78, 5) is 12.0. The van der Waals surface area contributed by atoms with Gasteiger partial charge >= 0.3 is 13.1 Å². The zero-order valence-corrected chi connectivity index (χ0v) is 14.3. The van der Waals surface area contributed by atoms with Gasteiger partial charge in [-0.3, -0.25) is 4.79 Å². The molecule has 0 N–H and O–H groups in total. The van der Waals surface area contributed by atoms with Gasteiger partial charge in [0.15, 0.2) is 0 Å². The maximum absolute atomic E-state index is 12.0. The average Bonchev–Trinajstić information content (AvgIpc) is 2.57. The van der Waals surface area contributed by atoms with Gasteiger partial charge in [-0.2, -0.15) is 0 Å². The van der Waals surface area contributed by atoms with Crippen LogP contribution in [0.1, 0.15) is 54.4 Å². The van der Waals surface area contributed by atoms with Crippen LogP contribution in [0.4, 0.5) is 0 Å². The second-order valence-corrected chi connectivity index (χ2v) is 7.82. The zero-order valence-electron chi connectivity index (χ0n) is 14.3. The molecule has 1 atom stereocenters. The minimum atomic E-state index is -0.363. The summed E-state index contributed by atoms with van der Waals surface area (Å²) in [5.74, 6) is -0.431. The SMILES string of the molecule is COC(=O)[C@@H]1C=C(B2OC(C)(C)C(C)(C)O2)CCC1(C)C. The lowest BCUT2D eigenvalue weighted by atomic mass is 9.62. The van der Waals surface area contributed by atoms with Crippen molar-refractivity contribution in [1.82, 2.24) is 0 Å². The van der Waals surface area contributed by atoms with Crippen LogP contribution >= 0.6 is 0 Å². The molecule has 2 rings (SSSR count). The predicted molar refractivity (Wildman–Crippen MR) is 82.7 cm³/mol. The molecule has 1 heterocycles. The Kier molecular flexibility index (Phi) is 4.05. The second-order valence-electron chi connectivity index (χ2n) is 7.82. The van der Waals surface area contributed by atoms with Crippen molar-refractivity contribution in [3.63, 3.8) is 0 Å². The molecule has 0 radical (unpaired) electrons. The molecular weight excluding hydrogens is 267 g/mol. The number of esters is 1. The molecule has 0 aromatic rings. The van der Waals surface area contributed by atoms with Crippen LogP contribution in [-0.4, -0.2) is 31.4 Å². The summed E-state index contributed by atoms with van der Waals surface area (Å²) in [6.45, 7) is 12.4. The van der Waals surface area contributed by atoms with Gasteiger partial charge in [-0.15, -0.1) is 0 Å². The van der Waals surface area contributed by atoms with Crippen LogP contribution in [0, 0.1) is 11.3 Å². The Morgan fingerprint density at radius 2 is 1.71 bits per heavy atom. The van der Waals surface area contributed by atoms with E-state index in [9.17, 15) is 4.79 Å². The molecule has 5 heteroatoms. The van der Waals surface area contributed by atoms with Crippen LogP contribution < -0.4 is 0 Å². The third kappa shape index (κ3) is 2.91. The summed E-state index contributed by atoms with van der Waals surface area (Å²) >= 11 is 0. The summed E-state index contributed by atoms with van der Waals surface area (Å²) in [6.07, 6.45) is 3.80. The van der Waals surface area contributed by atoms with Crippen molar-refractivity contribution in [3.8, 4) is 0 Å². The van der Waals surface area contributed by atoms with Gasteiger partial charge in [-0.05, 0) is 51.4 Å². The zero-order chi connectivity index (χ0) is 16.1. The highest BCUT2D eigenvalue weighted by molar-refractivity contribution is 6.54. The number of carbonyl (C=O) groups is 1. The largest absolute Gasteiger partial charge is 0.490 e. The summed E-state index contributed by atoms with van der Waals surface area (Å²) in [7, 11) is 1.08. The Hall–Kier alpha value is -0.805. The van der Waals surface area contributed by atoms with Gasteiger partial charge in [0.25, 0.3) is 0 Å². The molecule has 1 saturated heterocycles. The number of rotatable bonds is 2. The standard InChI is InChI=1S/C16H27BO4/c1-14(2)9-8-11(10-12(14)13(18)19-7)17-20-15(3,4)16(5,6)21-17/h10,12H,8-9H2,1-7H3/t12-/m0/s1. The van der Waals surface area contributed by atoms with Crippen LogP contribution in [0.3, 0.4) is 0 Å². The molecular formula is C16H27BO4. The van der Waals surface area contributed by atoms with Crippen LogP contribution in [0.15, 0.2) is 11.5 Å². The van der Waals surface area contributed by atoms with Crippen molar-refractivity contribution in [2.45, 2.75) is 65.6 Å². The number of allylic oxidation sites excluding steroid dienone is 1. The van der Waals surface area contributed by atoms with E-state index in [0.29, 0.717) is 0 Å². The molecule has 2 aliphatic rings. The number of carbonyl (C=O) groups excluding carboxylic acids is 1. The Morgan fingerprint density at radius 1 is 1.19 bits per heavy atom. The fourth-order valence-electron chi connectivity index (χ4n) is 2.85. The van der Waals surface area contributed by atoms with E-state index in [4.69, 9.17) is 14.0 Å². The molecule has 0 amide bonds. The first kappa shape index (κ1) is 16.6. The number of ether oxygens (including phenoxy) is 1. The van der Waals surface area contributed by atoms with Crippen molar-refractivity contribution in [1.29, 1.82) is 0 Å². The minimum absolute atomic E-state index is 0.0970. The number of methoxy groups -OCH3 is 1. The van der Waals surface area contributed by atoms with Crippen molar-refractivity contribution in [2.75, 3.05) is 7.11 Å². The van der Waals surface area contributed by atoms with Crippen LogP contribution in [0.25, 0.3) is 0 Å². The Bertz CT molecular complexity index is 449. The third-order valence-electron chi connectivity index (χ3n) is 5.29. The molecule has 1 fully saturated rings. The van der Waals surface area contributed by atoms with E-state index < -0.39 is 0 Å². The highest BCUT2D eigenvalue weighted by atomic mass is 16.7. The predicted octanol–water partition coefficient (Wildman–Crippen LogP) is 3.15.